The molecule has 0 heterocycles. The lowest BCUT2D eigenvalue weighted by Crippen LogP contribution is -2.20. The van der Waals surface area contributed by atoms with Gasteiger partial charge in [0.25, 0.3) is 0 Å². The van der Waals surface area contributed by atoms with E-state index in [0.717, 1.165) is 16.7 Å². The summed E-state index contributed by atoms with van der Waals surface area (Å²) < 4.78 is 42.1. The van der Waals surface area contributed by atoms with Crippen molar-refractivity contribution in [3.8, 4) is 17.2 Å². The van der Waals surface area contributed by atoms with Gasteiger partial charge in [0.15, 0.2) is 11.5 Å². The molecule has 0 aliphatic heterocycles. The van der Waals surface area contributed by atoms with E-state index in [1.54, 1.807) is 0 Å². The zero-order chi connectivity index (χ0) is 27.4. The number of hydrogen-bond acceptors (Lipinski definition) is 8. The first-order valence-electron chi connectivity index (χ1n) is 12.5. The normalized spacial score (nSPS) is 14.0. The molecule has 0 bridgehead atoms. The van der Waals surface area contributed by atoms with Crippen LogP contribution in [0.2, 0.25) is 0 Å². The van der Waals surface area contributed by atoms with Crippen LogP contribution in [0.1, 0.15) is 37.5 Å². The maximum absolute atomic E-state index is 6.52. The fourth-order valence-corrected chi connectivity index (χ4v) is 8.80. The number of nitrogens with zero attached hydrogens (tertiary/aromatic N) is 1. The van der Waals surface area contributed by atoms with Crippen LogP contribution in [-0.2, 0) is 13.6 Å². The summed E-state index contributed by atoms with van der Waals surface area (Å²) in [5.74, 6) is 1.93. The van der Waals surface area contributed by atoms with Crippen molar-refractivity contribution in [2.75, 3.05) is 19.8 Å². The predicted molar refractivity (Wildman–Crippen MR) is 157 cm³/mol. The molecule has 0 saturated carbocycles. The molecule has 0 radical (unpaired) electrons. The van der Waals surface area contributed by atoms with Crippen molar-refractivity contribution in [1.29, 1.82) is 0 Å². The first kappa shape index (κ1) is 30.4. The van der Waals surface area contributed by atoms with E-state index in [4.69, 9.17) is 31.7 Å². The summed E-state index contributed by atoms with van der Waals surface area (Å²) in [5, 5.41) is 0. The molecule has 38 heavy (non-hydrogen) atoms. The summed E-state index contributed by atoms with van der Waals surface area (Å²) >= 11 is 0. The van der Waals surface area contributed by atoms with Gasteiger partial charge < -0.3 is 9.05 Å². The number of aryl methyl sites for hydroxylation is 3. The summed E-state index contributed by atoms with van der Waals surface area (Å²) in [6.45, 7) is 12.9. The molecule has 3 atom stereocenters. The van der Waals surface area contributed by atoms with E-state index >= 15 is 0 Å². The minimum Gasteiger partial charge on any atom is -0.434 e. The largest absolute Gasteiger partial charge is 0.660 e. The van der Waals surface area contributed by atoms with Gasteiger partial charge in [-0.1, -0.05) is 36.4 Å². The van der Waals surface area contributed by atoms with Crippen LogP contribution in [0.25, 0.3) is 0 Å². The van der Waals surface area contributed by atoms with E-state index < -0.39 is 24.7 Å². The summed E-state index contributed by atoms with van der Waals surface area (Å²) in [5.41, 5.74) is 3.19. The zero-order valence-electron chi connectivity index (χ0n) is 22.8. The summed E-state index contributed by atoms with van der Waals surface area (Å²) in [7, 11) is -6.77. The van der Waals surface area contributed by atoms with Gasteiger partial charge in [0.2, 0.25) is 4.52 Å². The summed E-state index contributed by atoms with van der Waals surface area (Å²) in [6.07, 6.45) is 0. The minimum atomic E-state index is -3.27. The molecule has 0 amide bonds. The van der Waals surface area contributed by atoms with Gasteiger partial charge in [-0.25, -0.2) is 4.52 Å². The van der Waals surface area contributed by atoms with Gasteiger partial charge in [-0.2, -0.15) is 4.52 Å². The average Bonchev–Trinajstić information content (AvgIpc) is 2.84. The summed E-state index contributed by atoms with van der Waals surface area (Å²) in [6, 6.07) is 23.3. The molecule has 0 aromatic heterocycles. The standard InChI is InChI=1S/C27H37N2O6P3/c1-7-30-36(33-25-16-10-13-22(4)19-25)28-38(32-9-3,35-27-18-12-15-24(6)21-27)29-37(31-8-2)34-26-17-11-14-23(5)20-26/h10-21,28H,7-9H2,1-6H3/q+2. The van der Waals surface area contributed by atoms with E-state index in [9.17, 15) is 0 Å². The molecule has 204 valence electrons. The smallest absolute Gasteiger partial charge is 0.434 e. The SMILES string of the molecule is CCOP(N[P+](N=[P+](OCC)Oc1cccc(C)c1)(OCC)Oc1cccc(C)c1)Oc1cccc(C)c1. The lowest BCUT2D eigenvalue weighted by atomic mass is 10.2. The Morgan fingerprint density at radius 1 is 0.763 bits per heavy atom. The van der Waals surface area contributed by atoms with Crippen LogP contribution >= 0.6 is 24.7 Å². The Morgan fingerprint density at radius 3 is 1.92 bits per heavy atom. The molecule has 0 saturated heterocycles. The highest BCUT2D eigenvalue weighted by Gasteiger charge is 2.57. The van der Waals surface area contributed by atoms with Gasteiger partial charge in [0.1, 0.15) is 12.4 Å². The Bertz CT molecular complexity index is 1200. The van der Waals surface area contributed by atoms with Crippen molar-refractivity contribution in [2.45, 2.75) is 41.5 Å². The molecule has 0 spiro atoms. The van der Waals surface area contributed by atoms with Gasteiger partial charge in [-0.3, -0.25) is 4.52 Å². The van der Waals surface area contributed by atoms with Crippen LogP contribution in [0.4, 0.5) is 0 Å². The second kappa shape index (κ2) is 15.5. The molecule has 0 fully saturated rings. The molecular formula is C27H37N2O6P3+2. The number of rotatable bonds is 15. The van der Waals surface area contributed by atoms with Crippen LogP contribution in [0, 0.1) is 20.8 Å². The van der Waals surface area contributed by atoms with E-state index in [-0.39, 0.29) is 0 Å². The fraction of sp³-hybridized carbons (Fsp3) is 0.333. The second-order valence-corrected chi connectivity index (χ2v) is 13.1. The fourth-order valence-electron chi connectivity index (χ4n) is 3.23. The monoisotopic (exact) mass is 578 g/mol. The Balaban J connectivity index is 2.04. The number of benzene rings is 3. The van der Waals surface area contributed by atoms with E-state index in [0.29, 0.717) is 37.1 Å². The molecule has 11 heteroatoms. The van der Waals surface area contributed by atoms with Crippen molar-refractivity contribution in [1.82, 2.24) is 4.86 Å². The first-order chi connectivity index (χ1) is 18.3. The van der Waals surface area contributed by atoms with E-state index in [1.807, 2.05) is 114 Å². The van der Waals surface area contributed by atoms with Crippen LogP contribution in [-0.4, -0.2) is 19.8 Å². The lowest BCUT2D eigenvalue weighted by molar-refractivity contribution is 0.297. The van der Waals surface area contributed by atoms with Gasteiger partial charge in [-0.05, 0) is 99.5 Å². The van der Waals surface area contributed by atoms with E-state index in [2.05, 4.69) is 4.86 Å². The molecule has 0 aliphatic rings. The molecule has 8 nitrogen and oxygen atoms in total. The number of hydrogen-bond donors (Lipinski definition) is 1. The van der Waals surface area contributed by atoms with Gasteiger partial charge >= 0.3 is 24.7 Å². The Morgan fingerprint density at radius 2 is 1.34 bits per heavy atom. The van der Waals surface area contributed by atoms with Crippen molar-refractivity contribution in [3.05, 3.63) is 89.5 Å². The molecule has 3 rings (SSSR count). The molecule has 3 aromatic rings. The van der Waals surface area contributed by atoms with Gasteiger partial charge in [-0.15, -0.1) is 4.52 Å². The van der Waals surface area contributed by atoms with Crippen molar-refractivity contribution >= 4 is 24.7 Å². The molecule has 0 aliphatic carbocycles. The Kier molecular flexibility index (Phi) is 12.4. The Hall–Kier alpha value is -2.14. The average molecular weight is 579 g/mol. The second-order valence-electron chi connectivity index (χ2n) is 8.18. The quantitative estimate of drug-likeness (QED) is 0.180. The molecule has 3 aromatic carbocycles. The summed E-state index contributed by atoms with van der Waals surface area (Å²) in [4.78, 5) is 3.37. The van der Waals surface area contributed by atoms with Crippen molar-refractivity contribution < 1.29 is 27.1 Å². The maximum Gasteiger partial charge on any atom is 0.660 e. The third kappa shape index (κ3) is 9.87. The van der Waals surface area contributed by atoms with Crippen molar-refractivity contribution in [3.63, 3.8) is 0 Å². The lowest BCUT2D eigenvalue weighted by Gasteiger charge is -2.21. The maximum atomic E-state index is 6.52. The highest BCUT2D eigenvalue weighted by atomic mass is 31.3. The highest BCUT2D eigenvalue weighted by Crippen LogP contribution is 2.67. The Labute approximate surface area is 229 Å². The topological polar surface area (TPSA) is 79.8 Å². The van der Waals surface area contributed by atoms with Gasteiger partial charge in [0.05, 0.1) is 13.2 Å². The van der Waals surface area contributed by atoms with Gasteiger partial charge in [0, 0.05) is 0 Å². The van der Waals surface area contributed by atoms with Crippen LogP contribution in [0.15, 0.2) is 77.3 Å². The third-order valence-corrected chi connectivity index (χ3v) is 10.7. The van der Waals surface area contributed by atoms with Crippen LogP contribution in [0.3, 0.4) is 0 Å². The van der Waals surface area contributed by atoms with Crippen LogP contribution in [0.5, 0.6) is 17.2 Å². The van der Waals surface area contributed by atoms with Crippen molar-refractivity contribution in [2.24, 2.45) is 4.52 Å². The molecule has 3 unspecified atom stereocenters. The molecule has 1 N–H and O–H groups in total. The van der Waals surface area contributed by atoms with Crippen LogP contribution < -0.4 is 18.4 Å². The number of nitrogens with one attached hydrogen (secondary N) is 1. The highest BCUT2D eigenvalue weighted by molar-refractivity contribution is 7.75. The van der Waals surface area contributed by atoms with E-state index in [1.165, 1.54) is 0 Å². The third-order valence-electron chi connectivity index (χ3n) is 4.76. The molecular weight excluding hydrogens is 541 g/mol. The minimum absolute atomic E-state index is 0.329. The zero-order valence-corrected chi connectivity index (χ0v) is 25.5. The first-order valence-corrected chi connectivity index (χ1v) is 16.4. The predicted octanol–water partition coefficient (Wildman–Crippen LogP) is 9.25.